The molecule has 0 fully saturated rings. The molecule has 0 saturated heterocycles. The molecule has 0 unspecified atom stereocenters. The Kier molecular flexibility index (Phi) is 4.92. The van der Waals surface area contributed by atoms with Crippen molar-refractivity contribution in [3.8, 4) is 0 Å². The van der Waals surface area contributed by atoms with Crippen LogP contribution < -0.4 is 10.6 Å². The Hall–Kier alpha value is -3.24. The fourth-order valence-corrected chi connectivity index (χ4v) is 3.29. The number of fused-ring (bicyclic) bond motifs is 1. The van der Waals surface area contributed by atoms with Crippen molar-refractivity contribution in [2.45, 2.75) is 24.8 Å². The Bertz CT molecular complexity index is 1080. The Labute approximate surface area is 161 Å². The number of rotatable bonds is 4. The minimum Gasteiger partial charge on any atom is -0.308 e. The lowest BCUT2D eigenvalue weighted by Crippen LogP contribution is -2.35. The van der Waals surface area contributed by atoms with Crippen LogP contribution in [0.1, 0.15) is 34.6 Å². The molecule has 1 aliphatic heterocycles. The van der Waals surface area contributed by atoms with E-state index >= 15 is 0 Å². The zero-order valence-electron chi connectivity index (χ0n) is 15.0. The maximum absolute atomic E-state index is 12.4. The average molecular weight is 403 g/mol. The van der Waals surface area contributed by atoms with Gasteiger partial charge in [-0.1, -0.05) is 0 Å². The monoisotopic (exact) mass is 403 g/mol. The number of benzene rings is 2. The predicted octanol–water partition coefficient (Wildman–Crippen LogP) is 2.58. The van der Waals surface area contributed by atoms with Gasteiger partial charge in [0.1, 0.15) is 0 Å². The molecule has 0 spiro atoms. The summed E-state index contributed by atoms with van der Waals surface area (Å²) in [5.74, 6) is -0.787. The topological polar surface area (TPSA) is 133 Å². The zero-order chi connectivity index (χ0) is 20.6. The first-order chi connectivity index (χ1) is 13.1. The zero-order valence-corrected chi connectivity index (χ0v) is 15.8. The van der Waals surface area contributed by atoms with Gasteiger partial charge in [0.2, 0.25) is 0 Å². The first-order valence-electron chi connectivity index (χ1n) is 8.25. The summed E-state index contributed by atoms with van der Waals surface area (Å²) in [6.45, 7) is 3.48. The summed E-state index contributed by atoms with van der Waals surface area (Å²) in [5, 5.41) is 5.04. The summed E-state index contributed by atoms with van der Waals surface area (Å²) in [5.41, 5.74) is 1.11. The molecule has 0 atom stereocenters. The highest BCUT2D eigenvalue weighted by Gasteiger charge is 2.37. The number of imide groups is 1. The molecule has 0 aliphatic carbocycles. The van der Waals surface area contributed by atoms with Crippen molar-refractivity contribution in [3.05, 3.63) is 53.6 Å². The molecule has 3 rings (SSSR count). The van der Waals surface area contributed by atoms with Crippen molar-refractivity contribution >= 4 is 39.3 Å². The Balaban J connectivity index is 1.73. The van der Waals surface area contributed by atoms with Crippen LogP contribution in [0.25, 0.3) is 0 Å². The van der Waals surface area contributed by atoms with Crippen molar-refractivity contribution in [2.24, 2.45) is 0 Å². The Morgan fingerprint density at radius 1 is 0.929 bits per heavy atom. The van der Waals surface area contributed by atoms with Crippen LogP contribution in [0.4, 0.5) is 16.2 Å². The lowest BCUT2D eigenvalue weighted by atomic mass is 10.1. The van der Waals surface area contributed by atoms with E-state index < -0.39 is 22.1 Å². The molecule has 1 heterocycles. The number of hydrogen-bond acceptors (Lipinski definition) is 5. The van der Waals surface area contributed by atoms with Gasteiger partial charge in [0.15, 0.2) is 0 Å². The maximum Gasteiger partial charge on any atom is 0.323 e. The molecular formula is C18H17N3O6S. The number of carbonyl (C=O) groups excluding carboxylic acids is 3. The molecule has 3 N–H and O–H groups in total. The Morgan fingerprint density at radius 3 is 2.04 bits per heavy atom. The number of nitrogens with one attached hydrogen (secondary N) is 2. The summed E-state index contributed by atoms with van der Waals surface area (Å²) in [6.07, 6.45) is 0. The minimum absolute atomic E-state index is 0.217. The SMILES string of the molecule is CC(C)N1C(=O)c2ccc(NC(=O)Nc3ccc(S(=O)(=O)O)cc3)cc2C1=O. The molecule has 4 amide bonds. The van der Waals surface area contributed by atoms with Crippen LogP contribution in [0.15, 0.2) is 47.4 Å². The third-order valence-electron chi connectivity index (χ3n) is 4.10. The van der Waals surface area contributed by atoms with Crippen molar-refractivity contribution in [2.75, 3.05) is 10.6 Å². The second-order valence-electron chi connectivity index (χ2n) is 6.41. The second kappa shape index (κ2) is 7.06. The highest BCUT2D eigenvalue weighted by atomic mass is 32.2. The van der Waals surface area contributed by atoms with Crippen LogP contribution in [0.3, 0.4) is 0 Å². The molecule has 9 nitrogen and oxygen atoms in total. The summed E-state index contributed by atoms with van der Waals surface area (Å²) in [4.78, 5) is 37.7. The third-order valence-corrected chi connectivity index (χ3v) is 4.97. The van der Waals surface area contributed by atoms with E-state index in [0.717, 1.165) is 17.0 Å². The van der Waals surface area contributed by atoms with E-state index in [9.17, 15) is 22.8 Å². The van der Waals surface area contributed by atoms with Crippen LogP contribution in [0.5, 0.6) is 0 Å². The number of urea groups is 1. The van der Waals surface area contributed by atoms with Gasteiger partial charge < -0.3 is 10.6 Å². The first-order valence-corrected chi connectivity index (χ1v) is 9.69. The van der Waals surface area contributed by atoms with E-state index in [2.05, 4.69) is 10.6 Å². The van der Waals surface area contributed by atoms with Crippen LogP contribution >= 0.6 is 0 Å². The van der Waals surface area contributed by atoms with Gasteiger partial charge in [-0.2, -0.15) is 8.42 Å². The van der Waals surface area contributed by atoms with Crippen LogP contribution in [-0.4, -0.2) is 41.8 Å². The van der Waals surface area contributed by atoms with Gasteiger partial charge in [0.05, 0.1) is 16.0 Å². The first kappa shape index (κ1) is 19.5. The van der Waals surface area contributed by atoms with Gasteiger partial charge in [-0.25, -0.2) is 4.79 Å². The van der Waals surface area contributed by atoms with Crippen LogP contribution in [-0.2, 0) is 10.1 Å². The maximum atomic E-state index is 12.4. The fourth-order valence-electron chi connectivity index (χ4n) is 2.81. The van der Waals surface area contributed by atoms with Crippen LogP contribution in [0, 0.1) is 0 Å². The number of amides is 4. The molecule has 1 aliphatic rings. The van der Waals surface area contributed by atoms with Crippen molar-refractivity contribution in [1.82, 2.24) is 4.90 Å². The molecule has 28 heavy (non-hydrogen) atoms. The van der Waals surface area contributed by atoms with Gasteiger partial charge in [-0.3, -0.25) is 19.0 Å². The third kappa shape index (κ3) is 3.73. The van der Waals surface area contributed by atoms with E-state index in [1.54, 1.807) is 13.8 Å². The van der Waals surface area contributed by atoms with E-state index in [1.165, 1.54) is 30.3 Å². The van der Waals surface area contributed by atoms with E-state index in [0.29, 0.717) is 11.4 Å². The number of anilines is 2. The highest BCUT2D eigenvalue weighted by molar-refractivity contribution is 7.85. The second-order valence-corrected chi connectivity index (χ2v) is 7.83. The number of carbonyl (C=O) groups is 3. The van der Waals surface area contributed by atoms with Crippen molar-refractivity contribution < 1.29 is 27.4 Å². The smallest absolute Gasteiger partial charge is 0.308 e. The molecular weight excluding hydrogens is 386 g/mol. The van der Waals surface area contributed by atoms with E-state index in [1.807, 2.05) is 0 Å². The summed E-state index contributed by atoms with van der Waals surface area (Å²) in [7, 11) is -4.31. The normalized spacial score (nSPS) is 13.6. The van der Waals surface area contributed by atoms with Crippen molar-refractivity contribution in [1.29, 1.82) is 0 Å². The molecule has 0 bridgehead atoms. The molecule has 10 heteroatoms. The minimum atomic E-state index is -4.31. The molecule has 2 aromatic rings. The van der Waals surface area contributed by atoms with Gasteiger partial charge >= 0.3 is 6.03 Å². The van der Waals surface area contributed by atoms with Gasteiger partial charge in [0, 0.05) is 17.4 Å². The molecule has 0 saturated carbocycles. The quantitative estimate of drug-likeness (QED) is 0.531. The summed E-state index contributed by atoms with van der Waals surface area (Å²) in [6, 6.07) is 8.43. The lowest BCUT2D eigenvalue weighted by Gasteiger charge is -2.17. The standard InChI is InChI=1S/C18H17N3O6S/c1-10(2)21-16(22)14-8-5-12(9-15(14)17(21)23)20-18(24)19-11-3-6-13(7-4-11)28(25,26)27/h3-10H,1-2H3,(H2,19,20,24)(H,25,26,27). The molecule has 2 aromatic carbocycles. The van der Waals surface area contributed by atoms with Gasteiger partial charge in [-0.15, -0.1) is 0 Å². The lowest BCUT2D eigenvalue weighted by molar-refractivity contribution is 0.0609. The highest BCUT2D eigenvalue weighted by Crippen LogP contribution is 2.27. The predicted molar refractivity (Wildman–Crippen MR) is 101 cm³/mol. The molecule has 0 radical (unpaired) electrons. The summed E-state index contributed by atoms with van der Waals surface area (Å²) < 4.78 is 31.0. The summed E-state index contributed by atoms with van der Waals surface area (Å²) >= 11 is 0. The number of hydrogen-bond donors (Lipinski definition) is 3. The van der Waals surface area contributed by atoms with Crippen LogP contribution in [0.2, 0.25) is 0 Å². The van der Waals surface area contributed by atoms with E-state index in [4.69, 9.17) is 4.55 Å². The molecule has 146 valence electrons. The van der Waals surface area contributed by atoms with Crippen molar-refractivity contribution in [3.63, 3.8) is 0 Å². The van der Waals surface area contributed by atoms with Gasteiger partial charge in [0.25, 0.3) is 21.9 Å². The fraction of sp³-hybridized carbons (Fsp3) is 0.167. The Morgan fingerprint density at radius 2 is 1.46 bits per heavy atom. The largest absolute Gasteiger partial charge is 0.323 e. The molecule has 0 aromatic heterocycles. The number of nitrogens with zero attached hydrogens (tertiary/aromatic N) is 1. The average Bonchev–Trinajstić information content (AvgIpc) is 2.85. The van der Waals surface area contributed by atoms with Gasteiger partial charge in [-0.05, 0) is 56.3 Å². The van der Waals surface area contributed by atoms with E-state index in [-0.39, 0.29) is 28.0 Å².